The summed E-state index contributed by atoms with van der Waals surface area (Å²) in [7, 11) is 0. The van der Waals surface area contributed by atoms with E-state index in [1.54, 1.807) is 72.8 Å². The lowest BCUT2D eigenvalue weighted by atomic mass is 10.00. The van der Waals surface area contributed by atoms with Crippen molar-refractivity contribution in [1.82, 2.24) is 0 Å². The van der Waals surface area contributed by atoms with Gasteiger partial charge in [0, 0.05) is 46.7 Å². The van der Waals surface area contributed by atoms with Crippen molar-refractivity contribution in [2.75, 3.05) is 0 Å². The van der Waals surface area contributed by atoms with Crippen LogP contribution in [0.25, 0.3) is 17.2 Å². The van der Waals surface area contributed by atoms with Crippen molar-refractivity contribution >= 4 is 70.6 Å². The lowest BCUT2D eigenvalue weighted by Crippen LogP contribution is -2.22. The normalized spacial score (nSPS) is 10.4. The van der Waals surface area contributed by atoms with Crippen LogP contribution in [0.2, 0.25) is 10.0 Å². The van der Waals surface area contributed by atoms with Gasteiger partial charge in [0.2, 0.25) is 0 Å². The predicted octanol–water partition coefficient (Wildman–Crippen LogP) is 11.1. The van der Waals surface area contributed by atoms with Gasteiger partial charge in [0.25, 0.3) is 5.69 Å². The first-order valence-electron chi connectivity index (χ1n) is 20.4. The van der Waals surface area contributed by atoms with Gasteiger partial charge in [0.15, 0.2) is 11.9 Å². The molecule has 1 atom stereocenters. The van der Waals surface area contributed by atoms with Crippen LogP contribution in [0.1, 0.15) is 64.4 Å². The van der Waals surface area contributed by atoms with Crippen molar-refractivity contribution in [3.63, 3.8) is 0 Å². The second kappa shape index (κ2) is 30.8. The Balaban J connectivity index is 0.000000297. The number of nitro groups is 1. The number of phenols is 1. The lowest BCUT2D eigenvalue weighted by molar-refractivity contribution is -0.384. The summed E-state index contributed by atoms with van der Waals surface area (Å²) >= 11 is 11.4. The molecular formula is C51H47Cl2NO15. The Morgan fingerprint density at radius 1 is 0.667 bits per heavy atom. The number of aryl methyl sites for hydroxylation is 1. The molecule has 6 rings (SSSR count). The maximum atomic E-state index is 11.4. The number of hydrogen-bond donors (Lipinski definition) is 6. The average Bonchev–Trinajstić information content (AvgIpc) is 3.32. The van der Waals surface area contributed by atoms with Crippen molar-refractivity contribution in [2.24, 2.45) is 0 Å². The Morgan fingerprint density at radius 2 is 1.23 bits per heavy atom. The van der Waals surface area contributed by atoms with Crippen LogP contribution in [0.15, 0.2) is 158 Å². The van der Waals surface area contributed by atoms with E-state index in [4.69, 9.17) is 58.6 Å². The SMILES string of the molecule is CC(Oc1ccc(O)cc1)C(=O)O.O=C(O)C=Cc1ccccc1Cl.O=C(O)CCC(=O)c1ccc(Cl)cc1.O=C(O)CCCc1ccc([N+](=O)[O-])cc1.O=C(O)c1ccccc1-c1ccccc1. The molecule has 6 N–H and O–H groups in total. The van der Waals surface area contributed by atoms with Crippen molar-refractivity contribution < 1.29 is 69.1 Å². The summed E-state index contributed by atoms with van der Waals surface area (Å²) in [5.74, 6) is -4.31. The summed E-state index contributed by atoms with van der Waals surface area (Å²) in [5, 5.41) is 63.1. The number of hydrogen-bond acceptors (Lipinski definition) is 10. The molecule has 0 bridgehead atoms. The molecule has 6 aromatic rings. The maximum Gasteiger partial charge on any atom is 0.344 e. The van der Waals surface area contributed by atoms with Crippen LogP contribution in [0.5, 0.6) is 11.5 Å². The third-order valence-corrected chi connectivity index (χ3v) is 9.38. The van der Waals surface area contributed by atoms with Crippen LogP contribution in [-0.4, -0.2) is 77.3 Å². The summed E-state index contributed by atoms with van der Waals surface area (Å²) in [5.41, 5.74) is 4.20. The Labute approximate surface area is 406 Å². The highest BCUT2D eigenvalue weighted by atomic mass is 35.5. The molecule has 360 valence electrons. The number of phenolic OH excluding ortho intramolecular Hbond substituents is 1. The number of carbonyl (C=O) groups excluding carboxylic acids is 1. The quantitative estimate of drug-likeness (QED) is 0.0228. The van der Waals surface area contributed by atoms with E-state index in [0.717, 1.165) is 22.8 Å². The smallest absolute Gasteiger partial charge is 0.344 e. The van der Waals surface area contributed by atoms with E-state index in [-0.39, 0.29) is 36.5 Å². The molecule has 0 aliphatic rings. The fraction of sp³-hybridized carbons (Fsp3) is 0.137. The number of carbonyl (C=O) groups is 6. The second-order valence-electron chi connectivity index (χ2n) is 14.0. The number of carboxylic acid groups (broad SMARTS) is 5. The van der Waals surface area contributed by atoms with E-state index in [9.17, 15) is 38.9 Å². The topological polar surface area (TPSA) is 276 Å². The van der Waals surface area contributed by atoms with Crippen LogP contribution in [0.4, 0.5) is 5.69 Å². The minimum Gasteiger partial charge on any atom is -0.508 e. The lowest BCUT2D eigenvalue weighted by Gasteiger charge is -2.09. The minimum atomic E-state index is -1.02. The van der Waals surface area contributed by atoms with Crippen molar-refractivity contribution in [2.45, 2.75) is 45.1 Å². The molecular weight excluding hydrogens is 937 g/mol. The van der Waals surface area contributed by atoms with Gasteiger partial charge in [-0.15, -0.1) is 0 Å². The van der Waals surface area contributed by atoms with Gasteiger partial charge in [0.05, 0.1) is 16.9 Å². The van der Waals surface area contributed by atoms with Gasteiger partial charge in [0.1, 0.15) is 11.5 Å². The van der Waals surface area contributed by atoms with E-state index in [0.29, 0.717) is 45.3 Å². The van der Waals surface area contributed by atoms with E-state index in [1.807, 2.05) is 42.5 Å². The van der Waals surface area contributed by atoms with Crippen LogP contribution in [-0.2, 0) is 25.6 Å². The second-order valence-corrected chi connectivity index (χ2v) is 14.8. The number of aromatic hydroxyl groups is 1. The first kappa shape index (κ1) is 56.8. The molecule has 18 heteroatoms. The van der Waals surface area contributed by atoms with Gasteiger partial charge in [-0.1, -0.05) is 102 Å². The molecule has 0 fully saturated rings. The monoisotopic (exact) mass is 983 g/mol. The molecule has 16 nitrogen and oxygen atoms in total. The molecule has 0 aromatic heterocycles. The van der Waals surface area contributed by atoms with E-state index in [1.165, 1.54) is 49.4 Å². The number of aliphatic carboxylic acids is 4. The Hall–Kier alpha value is -8.34. The Bertz CT molecular complexity index is 2640. The summed E-state index contributed by atoms with van der Waals surface area (Å²) in [6, 6.07) is 42.0. The number of rotatable bonds is 16. The van der Waals surface area contributed by atoms with Crippen LogP contribution < -0.4 is 4.74 Å². The van der Waals surface area contributed by atoms with Gasteiger partial charge in [-0.25, -0.2) is 14.4 Å². The summed E-state index contributed by atoms with van der Waals surface area (Å²) in [4.78, 5) is 73.2. The highest BCUT2D eigenvalue weighted by molar-refractivity contribution is 6.32. The Morgan fingerprint density at radius 3 is 1.77 bits per heavy atom. The van der Waals surface area contributed by atoms with E-state index in [2.05, 4.69) is 0 Å². The number of nitro benzene ring substituents is 1. The predicted molar refractivity (Wildman–Crippen MR) is 259 cm³/mol. The van der Waals surface area contributed by atoms with Crippen LogP contribution >= 0.6 is 23.2 Å². The summed E-state index contributed by atoms with van der Waals surface area (Å²) < 4.78 is 5.02. The summed E-state index contributed by atoms with van der Waals surface area (Å²) in [6.07, 6.45) is 2.82. The molecule has 0 saturated carbocycles. The number of Topliss-reactive ketones (excluding diaryl/α,β-unsaturated/α-hetero) is 1. The first-order valence-corrected chi connectivity index (χ1v) is 21.2. The zero-order valence-corrected chi connectivity index (χ0v) is 38.3. The minimum absolute atomic E-state index is 0.0248. The first-order chi connectivity index (χ1) is 32.8. The summed E-state index contributed by atoms with van der Waals surface area (Å²) in [6.45, 7) is 1.44. The number of aromatic carboxylic acids is 1. The van der Waals surface area contributed by atoms with Crippen LogP contribution in [0.3, 0.4) is 0 Å². The van der Waals surface area contributed by atoms with Gasteiger partial charge >= 0.3 is 29.8 Å². The fourth-order valence-corrected chi connectivity index (χ4v) is 5.64. The van der Waals surface area contributed by atoms with Gasteiger partial charge < -0.3 is 35.4 Å². The number of carboxylic acids is 5. The van der Waals surface area contributed by atoms with Crippen molar-refractivity contribution in [3.8, 4) is 22.6 Å². The largest absolute Gasteiger partial charge is 0.508 e. The molecule has 0 heterocycles. The number of nitrogens with zero attached hydrogens (tertiary/aromatic N) is 1. The molecule has 0 radical (unpaired) electrons. The molecule has 0 spiro atoms. The highest BCUT2D eigenvalue weighted by Crippen LogP contribution is 2.23. The molecule has 0 aliphatic heterocycles. The standard InChI is InChI=1S/C13H10O2.C10H9ClO3.C10H11NO4.C9H7ClO2.C9H10O4/c14-13(15)12-9-5-4-8-11(12)10-6-2-1-3-7-10;11-8-3-1-7(2-4-8)9(12)5-6-10(13)14;12-10(13)3-1-2-8-4-6-9(7-5-8)11(14)15;10-8-4-2-1-3-7(8)5-6-9(11)12;1-6(9(11)12)13-8-4-2-7(10)3-5-8/h1-9H,(H,14,15);1-4H,5-6H2,(H,13,14);4-7H,1-3H2,(H,12,13);1-6H,(H,11,12);2-6,10H,1H3,(H,11,12). The third-order valence-electron chi connectivity index (χ3n) is 8.79. The Kier molecular flexibility index (Phi) is 25.3. The number of ether oxygens (including phenoxy) is 1. The highest BCUT2D eigenvalue weighted by Gasteiger charge is 2.12. The zero-order valence-electron chi connectivity index (χ0n) is 36.8. The van der Waals surface area contributed by atoms with Gasteiger partial charge in [-0.3, -0.25) is 24.5 Å². The van der Waals surface area contributed by atoms with Crippen molar-refractivity contribution in [1.29, 1.82) is 0 Å². The number of non-ortho nitro benzene ring substituents is 1. The molecule has 6 aromatic carbocycles. The molecule has 69 heavy (non-hydrogen) atoms. The molecule has 1 unspecified atom stereocenters. The fourth-order valence-electron chi connectivity index (χ4n) is 5.32. The van der Waals surface area contributed by atoms with Gasteiger partial charge in [-0.2, -0.15) is 0 Å². The third kappa shape index (κ3) is 23.6. The molecule has 0 saturated heterocycles. The zero-order chi connectivity index (χ0) is 51.3. The number of benzene rings is 6. The number of ketones is 1. The van der Waals surface area contributed by atoms with Gasteiger partial charge in [-0.05, 0) is 109 Å². The molecule has 0 aliphatic carbocycles. The molecule has 0 amide bonds. The van der Waals surface area contributed by atoms with E-state index < -0.39 is 40.9 Å². The van der Waals surface area contributed by atoms with E-state index >= 15 is 0 Å². The maximum absolute atomic E-state index is 11.4. The average molecular weight is 985 g/mol. The van der Waals surface area contributed by atoms with Crippen molar-refractivity contribution in [3.05, 3.63) is 200 Å². The van der Waals surface area contributed by atoms with Crippen LogP contribution in [0, 0.1) is 10.1 Å². The number of halogens is 2.